The van der Waals surface area contributed by atoms with E-state index in [0.717, 1.165) is 53.1 Å². The molecule has 18 atom stereocenters. The molecule has 668 valence electrons. The molecule has 11 bridgehead atoms. The highest BCUT2D eigenvalue weighted by Crippen LogP contribution is 2.52. The first-order valence-electron chi connectivity index (χ1n) is 39.9. The van der Waals surface area contributed by atoms with Gasteiger partial charge in [-0.25, -0.2) is 34.7 Å². The number of aromatic hydroxyl groups is 3. The van der Waals surface area contributed by atoms with Gasteiger partial charge in [-0.3, -0.25) is 5.41 Å². The normalized spacial score (nSPS) is 26.4. The SMILES string of the molecule is CN[C@H](CC(C)C)C(O)=N[C@H]1C(O)=N[C@@H](CC(=N)O)C(O)=N[C@H]2C(O)=N[C@H]3C(O)=N[C@H](C(O)=N[C@H](C(=O)O)c4cc(O)c(CNCC[N+](C)(C)C)c(O)c4-c4cc3ccc4O)[C@H](O[C@H]3C[C@](C)(NCc4ccc(/C=C/c5ccc(Cl)cc5)cc4)[C@@H](O)[C@H](C)O3)c3ccc(c(Cl)c3)Oc3cc2cc(c3O[C@@H]2O[C@H](CO)[C@@H](O)[C@H](O)[C@H]2O)Oc2ccc(cc2Cl)[C@H]1O. The van der Waals surface area contributed by atoms with Gasteiger partial charge in [-0.05, 0) is 139 Å². The van der Waals surface area contributed by atoms with Crippen molar-refractivity contribution >= 4 is 94.2 Å². The number of hydrogen-bond donors (Lipinski definition) is 21. The van der Waals surface area contributed by atoms with Crippen molar-refractivity contribution in [3.05, 3.63) is 186 Å². The van der Waals surface area contributed by atoms with E-state index in [1.807, 2.05) is 83.5 Å². The number of carboxylic acids is 1. The number of rotatable bonds is 23. The fraction of sp³-hybridized carbons (Fsp3) is 0.402. The van der Waals surface area contributed by atoms with Gasteiger partial charge in [-0.1, -0.05) is 115 Å². The Hall–Kier alpha value is -10.8. The first-order chi connectivity index (χ1) is 59.2. The van der Waals surface area contributed by atoms with Gasteiger partial charge in [0.2, 0.25) is 41.5 Å². The summed E-state index contributed by atoms with van der Waals surface area (Å²) >= 11 is 20.7. The molecule has 7 aliphatic heterocycles. The van der Waals surface area contributed by atoms with E-state index >= 15 is 0 Å². The minimum Gasteiger partial charge on any atom is -0.507 e. The Kier molecular flexibility index (Phi) is 29.4. The van der Waals surface area contributed by atoms with Crippen LogP contribution >= 0.6 is 34.8 Å². The Bertz CT molecular complexity index is 5340. The fourth-order valence-corrected chi connectivity index (χ4v) is 15.6. The second-order valence-electron chi connectivity index (χ2n) is 32.7. The number of ether oxygens (including phenoxy) is 6. The van der Waals surface area contributed by atoms with Gasteiger partial charge in [0, 0.05) is 53.3 Å². The van der Waals surface area contributed by atoms with Crippen LogP contribution in [0.3, 0.4) is 0 Å². The van der Waals surface area contributed by atoms with E-state index in [1.54, 1.807) is 26.0 Å². The molecule has 2 saturated heterocycles. The number of fused-ring (bicyclic) bond motifs is 12. The van der Waals surface area contributed by atoms with Crippen molar-refractivity contribution in [2.24, 2.45) is 35.9 Å². The van der Waals surface area contributed by atoms with E-state index < -0.39 is 231 Å². The lowest BCUT2D eigenvalue weighted by atomic mass is 9.84. The highest BCUT2D eigenvalue weighted by Gasteiger charge is 2.49. The number of phenolic OH excluding ortho intramolecular Hbond substituents is 3. The van der Waals surface area contributed by atoms with Crippen LogP contribution in [0.25, 0.3) is 23.3 Å². The molecule has 0 spiro atoms. The number of nitrogens with one attached hydrogen (secondary N) is 4. The summed E-state index contributed by atoms with van der Waals surface area (Å²) in [4.78, 5) is 41.1. The van der Waals surface area contributed by atoms with Crippen LogP contribution in [0.15, 0.2) is 151 Å². The number of benzene rings is 7. The highest BCUT2D eigenvalue weighted by atomic mass is 35.5. The molecule has 0 aliphatic carbocycles. The van der Waals surface area contributed by atoms with Gasteiger partial charge >= 0.3 is 5.97 Å². The number of nitrogens with zero attached hydrogens (tertiary/aromatic N) is 7. The van der Waals surface area contributed by atoms with Crippen molar-refractivity contribution < 1.29 is 125 Å². The quantitative estimate of drug-likeness (QED) is 0.00930. The lowest BCUT2D eigenvalue weighted by Gasteiger charge is -2.46. The lowest BCUT2D eigenvalue weighted by molar-refractivity contribution is -0.869. The molecule has 0 unspecified atom stereocenters. The molecule has 2 fully saturated rings. The van der Waals surface area contributed by atoms with E-state index in [9.17, 15) is 91.6 Å². The summed E-state index contributed by atoms with van der Waals surface area (Å²) in [5.41, 5.74) is -1.56. The molecule has 7 heterocycles. The van der Waals surface area contributed by atoms with Crippen LogP contribution in [0.1, 0.15) is 127 Å². The fourth-order valence-electron chi connectivity index (χ4n) is 15.0. The summed E-state index contributed by atoms with van der Waals surface area (Å²) < 4.78 is 39.8. The van der Waals surface area contributed by atoms with Crippen LogP contribution in [-0.4, -0.2) is 265 Å². The van der Waals surface area contributed by atoms with Gasteiger partial charge in [0.25, 0.3) is 0 Å². The molecule has 14 rings (SSSR count). The molecule has 7 aliphatic rings. The molecule has 0 radical (unpaired) electrons. The average Bonchev–Trinajstić information content (AvgIpc) is 0.775. The van der Waals surface area contributed by atoms with Crippen molar-refractivity contribution in [1.29, 1.82) is 5.41 Å². The Morgan fingerprint density at radius 2 is 1.29 bits per heavy atom. The van der Waals surface area contributed by atoms with Crippen molar-refractivity contribution in [2.45, 2.75) is 169 Å². The minimum absolute atomic E-state index is 0.0718. The first-order valence-corrected chi connectivity index (χ1v) is 41.1. The number of hydrogen-bond acceptors (Lipinski definition) is 26. The summed E-state index contributed by atoms with van der Waals surface area (Å²) in [6.07, 6.45) is -15.0. The van der Waals surface area contributed by atoms with E-state index in [-0.39, 0.29) is 70.6 Å². The number of quaternary nitrogens is 1. The van der Waals surface area contributed by atoms with Crippen molar-refractivity contribution in [3.8, 4) is 57.1 Å². The maximum atomic E-state index is 14.2. The average molecular weight is 1790 g/mol. The van der Waals surface area contributed by atoms with Gasteiger partial charge in [0.05, 0.1) is 74.6 Å². The zero-order valence-electron chi connectivity index (χ0n) is 69.0. The second kappa shape index (κ2) is 39.4. The summed E-state index contributed by atoms with van der Waals surface area (Å²) in [6, 6.07) is 14.2. The standard InChI is InChI=1S/C87H100Cl3N11O24/c1-39(2)27-54(92-5)79(112)99-69-71(106)45-18-23-58(52(89)29-45)121-60-31-47-32-61(77(60)125-86-75(110)74(109)73(108)62(38-102)123-86)122-59-24-19-46(30-53(59)90)76(124-64-35-87(4,78(111)40(3)120-64)94-36-43-13-11-41(12-14-43)9-10-42-15-20-48(88)21-16-42)70-84(117)98-68(85(118)119)50-33-57(104)51(37-93-25-26-101(6,7)8)72(107)65(50)49-28-44(17-22-56(49)103)66(81(114)100-70)97-82(115)67(47)96-80(113)55(34-63(91)105)95-83(69)116/h9-24,28-33,39-40,54-55,62,64,66-71,73-76,78,86,92-94,102,106,108-111H,25-27,34-38H2,1-8H3,(H11-,91,95,96,97,98,99,100,103,104,105,107,112,113,114,115,116,117,118,119)/p+1/b10-9+/t40-,54+,55-,62+,64-,66+,67+,68-,69+,70-,71+,73+,74-,75+,76+,78-,86-,87-/m0/s1. The van der Waals surface area contributed by atoms with Crippen LogP contribution in [0.4, 0.5) is 0 Å². The monoisotopic (exact) mass is 1790 g/mol. The van der Waals surface area contributed by atoms with Gasteiger partial charge in [-0.2, -0.15) is 0 Å². The molecular formula is C87H101Cl3N11O24+. The number of aliphatic imine (C=N–C) groups is 6. The molecule has 21 N–H and O–H groups in total. The number of phenols is 3. The van der Waals surface area contributed by atoms with E-state index in [1.165, 1.54) is 43.4 Å². The molecule has 0 saturated carbocycles. The van der Waals surface area contributed by atoms with E-state index in [2.05, 4.69) is 40.9 Å². The number of aliphatic hydroxyl groups is 13. The maximum Gasteiger partial charge on any atom is 0.333 e. The second-order valence-corrected chi connectivity index (χ2v) is 34.0. The molecular weight excluding hydrogens is 1690 g/mol. The molecule has 0 aromatic heterocycles. The Labute approximate surface area is 732 Å². The number of aliphatic carboxylic acids is 1. The summed E-state index contributed by atoms with van der Waals surface area (Å²) in [5.74, 6) is -14.9. The van der Waals surface area contributed by atoms with E-state index in [4.69, 9.17) is 73.6 Å². The Balaban J connectivity index is 1.12. The number of carbonyl (C=O) groups is 1. The number of aliphatic hydroxyl groups excluding tert-OH is 13. The number of halogens is 3. The van der Waals surface area contributed by atoms with Gasteiger partial charge in [-0.15, -0.1) is 0 Å². The Morgan fingerprint density at radius 3 is 1.90 bits per heavy atom. The third-order valence-electron chi connectivity index (χ3n) is 21.9. The lowest BCUT2D eigenvalue weighted by Crippen LogP contribution is -2.62. The minimum atomic E-state index is -2.39. The summed E-state index contributed by atoms with van der Waals surface area (Å²) in [6.45, 7) is 6.70. The van der Waals surface area contributed by atoms with Crippen LogP contribution in [0.2, 0.25) is 15.1 Å². The van der Waals surface area contributed by atoms with Crippen LogP contribution in [0, 0.1) is 11.3 Å². The van der Waals surface area contributed by atoms with Crippen LogP contribution in [-0.2, 0) is 32.1 Å². The molecule has 35 nitrogen and oxygen atoms in total. The molecule has 7 aromatic carbocycles. The zero-order chi connectivity index (χ0) is 90.5. The maximum absolute atomic E-state index is 14.2. The summed E-state index contributed by atoms with van der Waals surface area (Å²) in [5, 5.41) is 223. The van der Waals surface area contributed by atoms with Crippen molar-refractivity contribution in [1.82, 2.24) is 16.0 Å². The first kappa shape index (κ1) is 93.3. The van der Waals surface area contributed by atoms with Crippen molar-refractivity contribution in [2.75, 3.05) is 47.9 Å². The predicted octanol–water partition coefficient (Wildman–Crippen LogP) is 10.6. The number of likely N-dealkylation sites (N-methyl/N-ethyl adjacent to an activating group) is 2. The van der Waals surface area contributed by atoms with Crippen LogP contribution in [0.5, 0.6) is 46.0 Å². The molecule has 7 aromatic rings. The Morgan fingerprint density at radius 1 is 0.680 bits per heavy atom. The van der Waals surface area contributed by atoms with Gasteiger partial charge < -0.3 is 136 Å². The predicted molar refractivity (Wildman–Crippen MR) is 466 cm³/mol. The van der Waals surface area contributed by atoms with E-state index in [0.29, 0.717) is 22.6 Å². The largest absolute Gasteiger partial charge is 0.507 e. The topological polar surface area (TPSA) is 550 Å². The van der Waals surface area contributed by atoms with Gasteiger partial charge in [0.1, 0.15) is 71.4 Å². The molecule has 38 heteroatoms. The molecule has 125 heavy (non-hydrogen) atoms. The number of carboxylic acid groups (broad SMARTS) is 1. The zero-order valence-corrected chi connectivity index (χ0v) is 71.2. The van der Waals surface area contributed by atoms with Gasteiger partial charge in [0.15, 0.2) is 59.8 Å². The summed E-state index contributed by atoms with van der Waals surface area (Å²) in [7, 11) is 7.30. The smallest absolute Gasteiger partial charge is 0.333 e. The van der Waals surface area contributed by atoms with Crippen LogP contribution < -0.4 is 30.2 Å². The highest BCUT2D eigenvalue weighted by molar-refractivity contribution is 6.32. The molecule has 0 amide bonds. The third kappa shape index (κ3) is 21.7. The third-order valence-corrected chi connectivity index (χ3v) is 22.8. The van der Waals surface area contributed by atoms with Crippen molar-refractivity contribution in [3.63, 3.8) is 0 Å².